The second-order valence-corrected chi connectivity index (χ2v) is 9.46. The number of rotatable bonds is 7. The van der Waals surface area contributed by atoms with Gasteiger partial charge in [-0.25, -0.2) is 17.5 Å². The molecule has 162 valence electrons. The van der Waals surface area contributed by atoms with Crippen LogP contribution in [0.25, 0.3) is 0 Å². The summed E-state index contributed by atoms with van der Waals surface area (Å²) in [7, 11) is -3.77. The first kappa shape index (κ1) is 22.1. The van der Waals surface area contributed by atoms with Gasteiger partial charge in [0.1, 0.15) is 5.82 Å². The van der Waals surface area contributed by atoms with Crippen LogP contribution in [-0.4, -0.2) is 75.6 Å². The van der Waals surface area contributed by atoms with Crippen molar-refractivity contribution in [1.82, 2.24) is 14.5 Å². The molecule has 1 aromatic carbocycles. The molecule has 1 amide bonds. The Morgan fingerprint density at radius 1 is 1.28 bits per heavy atom. The summed E-state index contributed by atoms with van der Waals surface area (Å²) in [4.78, 5) is 16.0. The number of carbonyl (C=O) groups excluding carboxylic acids is 1. The summed E-state index contributed by atoms with van der Waals surface area (Å²) in [6, 6.07) is 5.51. The first-order valence-electron chi connectivity index (χ1n) is 10.2. The van der Waals surface area contributed by atoms with E-state index >= 15 is 0 Å². The SMILES string of the molecule is CC(=O)N1CCCC(N(CCNS(=O)(=O)c2cccc(F)c2)C2CCOCC2)C1. The molecule has 0 aliphatic carbocycles. The standard InChI is InChI=1S/C20H30FN3O4S/c1-16(25)23-10-3-5-19(15-23)24(18-7-12-28-13-8-18)11-9-22-29(26,27)20-6-2-4-17(21)14-20/h2,4,6,14,18-19,22H,3,5,7-13,15H2,1H3. The van der Waals surface area contributed by atoms with Gasteiger partial charge in [0.05, 0.1) is 4.90 Å². The zero-order valence-corrected chi connectivity index (χ0v) is 17.7. The van der Waals surface area contributed by atoms with Crippen LogP contribution in [0.1, 0.15) is 32.6 Å². The fourth-order valence-electron chi connectivity index (χ4n) is 4.22. The van der Waals surface area contributed by atoms with E-state index in [2.05, 4.69) is 9.62 Å². The van der Waals surface area contributed by atoms with E-state index in [4.69, 9.17) is 4.74 Å². The van der Waals surface area contributed by atoms with E-state index in [0.717, 1.165) is 38.3 Å². The van der Waals surface area contributed by atoms with Crippen molar-refractivity contribution in [2.24, 2.45) is 0 Å². The molecule has 2 heterocycles. The third kappa shape index (κ3) is 5.97. The van der Waals surface area contributed by atoms with Crippen LogP contribution in [-0.2, 0) is 19.6 Å². The highest BCUT2D eigenvalue weighted by Crippen LogP contribution is 2.23. The van der Waals surface area contributed by atoms with E-state index in [-0.39, 0.29) is 23.4 Å². The molecule has 0 spiro atoms. The number of hydrogen-bond donors (Lipinski definition) is 1. The van der Waals surface area contributed by atoms with Gasteiger partial charge in [-0.15, -0.1) is 0 Å². The summed E-state index contributed by atoms with van der Waals surface area (Å²) in [5.74, 6) is -0.503. The van der Waals surface area contributed by atoms with E-state index in [0.29, 0.717) is 32.3 Å². The second-order valence-electron chi connectivity index (χ2n) is 7.70. The molecule has 1 N–H and O–H groups in total. The first-order chi connectivity index (χ1) is 13.9. The van der Waals surface area contributed by atoms with Crippen LogP contribution in [0.3, 0.4) is 0 Å². The molecule has 0 radical (unpaired) electrons. The molecule has 2 aliphatic rings. The van der Waals surface area contributed by atoms with E-state index < -0.39 is 15.8 Å². The zero-order chi connectivity index (χ0) is 20.9. The predicted octanol–water partition coefficient (Wildman–Crippen LogP) is 1.60. The predicted molar refractivity (Wildman–Crippen MR) is 107 cm³/mol. The van der Waals surface area contributed by atoms with Crippen molar-refractivity contribution in [2.75, 3.05) is 39.4 Å². The maximum atomic E-state index is 13.4. The van der Waals surface area contributed by atoms with Crippen LogP contribution in [0.5, 0.6) is 0 Å². The number of sulfonamides is 1. The Kier molecular flexibility index (Phi) is 7.61. The van der Waals surface area contributed by atoms with Gasteiger partial charge < -0.3 is 9.64 Å². The minimum atomic E-state index is -3.77. The largest absolute Gasteiger partial charge is 0.381 e. The number of likely N-dealkylation sites (tertiary alicyclic amines) is 1. The number of nitrogens with zero attached hydrogens (tertiary/aromatic N) is 2. The average molecular weight is 428 g/mol. The third-order valence-corrected chi connectivity index (χ3v) is 7.20. The number of hydrogen-bond acceptors (Lipinski definition) is 5. The molecule has 1 atom stereocenters. The Labute approximate surface area is 172 Å². The van der Waals surface area contributed by atoms with Gasteiger partial charge in [-0.05, 0) is 43.9 Å². The lowest BCUT2D eigenvalue weighted by molar-refractivity contribution is -0.131. The topological polar surface area (TPSA) is 79.0 Å². The van der Waals surface area contributed by atoms with Gasteiger partial charge in [0, 0.05) is 58.4 Å². The highest BCUT2D eigenvalue weighted by molar-refractivity contribution is 7.89. The van der Waals surface area contributed by atoms with Gasteiger partial charge >= 0.3 is 0 Å². The molecule has 1 unspecified atom stereocenters. The Balaban J connectivity index is 1.66. The van der Waals surface area contributed by atoms with Crippen LogP contribution < -0.4 is 4.72 Å². The molecule has 2 fully saturated rings. The molecule has 9 heteroatoms. The summed E-state index contributed by atoms with van der Waals surface area (Å²) in [5, 5.41) is 0. The Morgan fingerprint density at radius 3 is 2.72 bits per heavy atom. The highest BCUT2D eigenvalue weighted by atomic mass is 32.2. The monoisotopic (exact) mass is 427 g/mol. The molecule has 1 aromatic rings. The highest BCUT2D eigenvalue weighted by Gasteiger charge is 2.32. The number of piperidine rings is 1. The van der Waals surface area contributed by atoms with Gasteiger partial charge in [-0.3, -0.25) is 9.69 Å². The van der Waals surface area contributed by atoms with E-state index in [1.165, 1.54) is 18.2 Å². The molecule has 29 heavy (non-hydrogen) atoms. The smallest absolute Gasteiger partial charge is 0.240 e. The Morgan fingerprint density at radius 2 is 2.03 bits per heavy atom. The van der Waals surface area contributed by atoms with Crippen LogP contribution >= 0.6 is 0 Å². The summed E-state index contributed by atoms with van der Waals surface area (Å²) >= 11 is 0. The summed E-state index contributed by atoms with van der Waals surface area (Å²) in [6.45, 7) is 5.19. The number of benzene rings is 1. The maximum Gasteiger partial charge on any atom is 0.240 e. The number of ether oxygens (including phenoxy) is 1. The number of nitrogens with one attached hydrogen (secondary N) is 1. The third-order valence-electron chi connectivity index (χ3n) is 5.74. The van der Waals surface area contributed by atoms with Gasteiger partial charge in [0.25, 0.3) is 0 Å². The molecule has 2 aliphatic heterocycles. The average Bonchev–Trinajstić information content (AvgIpc) is 2.72. The fourth-order valence-corrected chi connectivity index (χ4v) is 5.27. The van der Waals surface area contributed by atoms with Gasteiger partial charge in [-0.1, -0.05) is 6.07 Å². The molecule has 0 aromatic heterocycles. The van der Waals surface area contributed by atoms with Crippen molar-refractivity contribution in [1.29, 1.82) is 0 Å². The van der Waals surface area contributed by atoms with Gasteiger partial charge in [0.15, 0.2) is 0 Å². The van der Waals surface area contributed by atoms with Crippen LogP contribution in [0, 0.1) is 5.82 Å². The van der Waals surface area contributed by atoms with Crippen LogP contribution in [0.15, 0.2) is 29.2 Å². The van der Waals surface area contributed by atoms with Crippen LogP contribution in [0.4, 0.5) is 4.39 Å². The van der Waals surface area contributed by atoms with Crippen molar-refractivity contribution < 1.29 is 22.3 Å². The first-order valence-corrected chi connectivity index (χ1v) is 11.7. The number of amides is 1. The normalized spacial score (nSPS) is 21.5. The lowest BCUT2D eigenvalue weighted by atomic mass is 9.98. The zero-order valence-electron chi connectivity index (χ0n) is 16.8. The van der Waals surface area contributed by atoms with Crippen molar-refractivity contribution in [3.8, 4) is 0 Å². The minimum Gasteiger partial charge on any atom is -0.381 e. The summed E-state index contributed by atoms with van der Waals surface area (Å²) < 4.78 is 46.5. The molecule has 0 bridgehead atoms. The summed E-state index contributed by atoms with van der Waals surface area (Å²) in [6.07, 6.45) is 3.72. The number of carbonyl (C=O) groups is 1. The minimum absolute atomic E-state index is 0.0736. The maximum absolute atomic E-state index is 13.4. The van der Waals surface area contributed by atoms with Gasteiger partial charge in [0.2, 0.25) is 15.9 Å². The van der Waals surface area contributed by atoms with Crippen molar-refractivity contribution >= 4 is 15.9 Å². The molecule has 2 saturated heterocycles. The lowest BCUT2D eigenvalue weighted by Crippen LogP contribution is -2.55. The van der Waals surface area contributed by atoms with Gasteiger partial charge in [-0.2, -0.15) is 0 Å². The summed E-state index contributed by atoms with van der Waals surface area (Å²) in [5.41, 5.74) is 0. The van der Waals surface area contributed by atoms with E-state index in [9.17, 15) is 17.6 Å². The van der Waals surface area contributed by atoms with Crippen molar-refractivity contribution in [3.05, 3.63) is 30.1 Å². The quantitative estimate of drug-likeness (QED) is 0.715. The van der Waals surface area contributed by atoms with Crippen LogP contribution in [0.2, 0.25) is 0 Å². The number of halogens is 1. The fraction of sp³-hybridized carbons (Fsp3) is 0.650. The van der Waals surface area contributed by atoms with E-state index in [1.54, 1.807) is 6.92 Å². The molecule has 7 nitrogen and oxygen atoms in total. The van der Waals surface area contributed by atoms with E-state index in [1.807, 2.05) is 4.90 Å². The molecular formula is C20H30FN3O4S. The van der Waals surface area contributed by atoms with Crippen molar-refractivity contribution in [2.45, 2.75) is 49.6 Å². The lowest BCUT2D eigenvalue weighted by Gasteiger charge is -2.44. The molecule has 3 rings (SSSR count). The Bertz CT molecular complexity index is 799. The molecule has 0 saturated carbocycles. The molecular weight excluding hydrogens is 397 g/mol. The second kappa shape index (κ2) is 9.97. The Hall–Kier alpha value is -1.55. The van der Waals surface area contributed by atoms with Crippen molar-refractivity contribution in [3.63, 3.8) is 0 Å².